The SMILES string of the molecule is COc1ccc(C(C)N(c2ccccc2)S(=O)(=O)c2ccc([N+](=O)[O-])cc2)cc1. The van der Waals surface area contributed by atoms with Crippen LogP contribution in [0.25, 0.3) is 0 Å². The van der Waals surface area contributed by atoms with E-state index in [1.165, 1.54) is 28.6 Å². The fraction of sp³-hybridized carbons (Fsp3) is 0.143. The predicted molar refractivity (Wildman–Crippen MR) is 111 cm³/mol. The highest BCUT2D eigenvalue weighted by Gasteiger charge is 2.30. The molecule has 0 saturated heterocycles. The van der Waals surface area contributed by atoms with Gasteiger partial charge in [0.15, 0.2) is 0 Å². The van der Waals surface area contributed by atoms with Crippen molar-refractivity contribution < 1.29 is 18.1 Å². The zero-order valence-corrected chi connectivity index (χ0v) is 16.7. The second-order valence-corrected chi connectivity index (χ2v) is 8.15. The number of hydrogen-bond donors (Lipinski definition) is 0. The summed E-state index contributed by atoms with van der Waals surface area (Å²) < 4.78 is 33.5. The average molecular weight is 412 g/mol. The minimum atomic E-state index is -3.98. The molecule has 150 valence electrons. The van der Waals surface area contributed by atoms with Crippen molar-refractivity contribution in [3.63, 3.8) is 0 Å². The summed E-state index contributed by atoms with van der Waals surface area (Å²) in [5, 5.41) is 10.9. The number of nitrogens with zero attached hydrogens (tertiary/aromatic N) is 2. The average Bonchev–Trinajstić information content (AvgIpc) is 2.74. The van der Waals surface area contributed by atoms with Crippen LogP contribution in [0, 0.1) is 10.1 Å². The summed E-state index contributed by atoms with van der Waals surface area (Å²) in [7, 11) is -2.42. The third-order valence-corrected chi connectivity index (χ3v) is 6.48. The molecule has 0 aliphatic rings. The topological polar surface area (TPSA) is 89.8 Å². The van der Waals surface area contributed by atoms with Crippen molar-refractivity contribution in [3.05, 3.63) is 94.5 Å². The van der Waals surface area contributed by atoms with Crippen LogP contribution >= 0.6 is 0 Å². The molecule has 1 unspecified atom stereocenters. The zero-order chi connectivity index (χ0) is 21.0. The summed E-state index contributed by atoms with van der Waals surface area (Å²) in [5.74, 6) is 0.672. The van der Waals surface area contributed by atoms with Gasteiger partial charge in [0, 0.05) is 12.1 Å². The number of para-hydroxylation sites is 1. The van der Waals surface area contributed by atoms with Gasteiger partial charge >= 0.3 is 0 Å². The second-order valence-electron chi connectivity index (χ2n) is 6.34. The largest absolute Gasteiger partial charge is 0.497 e. The van der Waals surface area contributed by atoms with Crippen molar-refractivity contribution in [3.8, 4) is 5.75 Å². The molecule has 3 rings (SSSR count). The van der Waals surface area contributed by atoms with Crippen LogP contribution in [-0.4, -0.2) is 20.5 Å². The number of nitro groups is 1. The Labute approximate surface area is 169 Å². The van der Waals surface area contributed by atoms with E-state index in [1.807, 2.05) is 12.1 Å². The number of benzene rings is 3. The zero-order valence-electron chi connectivity index (χ0n) is 15.9. The molecule has 0 fully saturated rings. The number of anilines is 1. The molecule has 0 aliphatic carbocycles. The molecule has 1 atom stereocenters. The van der Waals surface area contributed by atoms with E-state index in [4.69, 9.17) is 4.74 Å². The monoisotopic (exact) mass is 412 g/mol. The Morgan fingerprint density at radius 3 is 2.03 bits per heavy atom. The summed E-state index contributed by atoms with van der Waals surface area (Å²) >= 11 is 0. The van der Waals surface area contributed by atoms with Gasteiger partial charge in [-0.3, -0.25) is 14.4 Å². The van der Waals surface area contributed by atoms with Crippen molar-refractivity contribution in [2.75, 3.05) is 11.4 Å². The van der Waals surface area contributed by atoms with E-state index in [-0.39, 0.29) is 10.6 Å². The first kappa shape index (κ1) is 20.3. The van der Waals surface area contributed by atoms with Crippen molar-refractivity contribution in [1.29, 1.82) is 0 Å². The van der Waals surface area contributed by atoms with Crippen molar-refractivity contribution in [2.45, 2.75) is 17.9 Å². The molecule has 0 spiro atoms. The predicted octanol–water partition coefficient (Wildman–Crippen LogP) is 4.56. The Kier molecular flexibility index (Phi) is 5.84. The van der Waals surface area contributed by atoms with Crippen LogP contribution in [0.3, 0.4) is 0 Å². The van der Waals surface area contributed by atoms with E-state index in [1.54, 1.807) is 56.5 Å². The minimum Gasteiger partial charge on any atom is -0.497 e. The van der Waals surface area contributed by atoms with E-state index < -0.39 is 21.0 Å². The lowest BCUT2D eigenvalue weighted by Gasteiger charge is -2.31. The lowest BCUT2D eigenvalue weighted by molar-refractivity contribution is -0.384. The van der Waals surface area contributed by atoms with Gasteiger partial charge < -0.3 is 4.74 Å². The Morgan fingerprint density at radius 1 is 0.931 bits per heavy atom. The molecule has 0 aliphatic heterocycles. The van der Waals surface area contributed by atoms with Gasteiger partial charge in [-0.1, -0.05) is 30.3 Å². The first-order valence-electron chi connectivity index (χ1n) is 8.82. The summed E-state index contributed by atoms with van der Waals surface area (Å²) in [5.41, 5.74) is 1.10. The number of nitro benzene ring substituents is 1. The maximum Gasteiger partial charge on any atom is 0.269 e. The number of ether oxygens (including phenoxy) is 1. The Hall–Kier alpha value is -3.39. The summed E-state index contributed by atoms with van der Waals surface area (Å²) in [6, 6.07) is 20.3. The summed E-state index contributed by atoms with van der Waals surface area (Å²) in [4.78, 5) is 10.3. The first-order chi connectivity index (χ1) is 13.8. The quantitative estimate of drug-likeness (QED) is 0.419. The van der Waals surface area contributed by atoms with Gasteiger partial charge in [-0.05, 0) is 48.9 Å². The number of non-ortho nitro benzene ring substituents is 1. The molecule has 3 aromatic carbocycles. The normalized spacial score (nSPS) is 12.2. The Balaban J connectivity index is 2.08. The Morgan fingerprint density at radius 2 is 1.52 bits per heavy atom. The molecular weight excluding hydrogens is 392 g/mol. The van der Waals surface area contributed by atoms with Crippen molar-refractivity contribution in [2.24, 2.45) is 0 Å². The lowest BCUT2D eigenvalue weighted by atomic mass is 10.1. The van der Waals surface area contributed by atoms with E-state index >= 15 is 0 Å². The number of rotatable bonds is 7. The fourth-order valence-electron chi connectivity index (χ4n) is 3.02. The first-order valence-corrected chi connectivity index (χ1v) is 10.3. The van der Waals surface area contributed by atoms with Crippen molar-refractivity contribution >= 4 is 21.4 Å². The molecule has 0 N–H and O–H groups in total. The number of sulfonamides is 1. The minimum absolute atomic E-state index is 0.0210. The molecule has 3 aromatic rings. The summed E-state index contributed by atoms with van der Waals surface area (Å²) in [6.07, 6.45) is 0. The van der Waals surface area contributed by atoms with Gasteiger partial charge in [0.1, 0.15) is 5.75 Å². The van der Waals surface area contributed by atoms with Crippen molar-refractivity contribution in [1.82, 2.24) is 0 Å². The van der Waals surface area contributed by atoms with Gasteiger partial charge in [0.05, 0.1) is 28.7 Å². The van der Waals surface area contributed by atoms with Crippen LogP contribution in [0.15, 0.2) is 83.8 Å². The lowest BCUT2D eigenvalue weighted by Crippen LogP contribution is -2.33. The van der Waals surface area contributed by atoms with Crippen LogP contribution in [-0.2, 0) is 10.0 Å². The molecule has 0 saturated carbocycles. The molecule has 0 radical (unpaired) electrons. The highest BCUT2D eigenvalue weighted by Crippen LogP contribution is 2.34. The van der Waals surface area contributed by atoms with E-state index in [2.05, 4.69) is 0 Å². The molecule has 0 heterocycles. The van der Waals surface area contributed by atoms with Crippen LogP contribution in [0.1, 0.15) is 18.5 Å². The van der Waals surface area contributed by atoms with Gasteiger partial charge in [0.2, 0.25) is 0 Å². The van der Waals surface area contributed by atoms with Crippen LogP contribution < -0.4 is 9.04 Å². The highest BCUT2D eigenvalue weighted by molar-refractivity contribution is 7.92. The molecule has 0 amide bonds. The smallest absolute Gasteiger partial charge is 0.269 e. The third-order valence-electron chi connectivity index (χ3n) is 4.56. The second kappa shape index (κ2) is 8.32. The molecule has 8 heteroatoms. The van der Waals surface area contributed by atoms with E-state index in [0.29, 0.717) is 11.4 Å². The fourth-order valence-corrected chi connectivity index (χ4v) is 4.66. The molecule has 0 bridgehead atoms. The summed E-state index contributed by atoms with van der Waals surface area (Å²) in [6.45, 7) is 1.79. The maximum absolute atomic E-state index is 13.5. The standard InChI is InChI=1S/C21H20N2O5S/c1-16(17-8-12-20(28-2)13-9-17)22(18-6-4-3-5-7-18)29(26,27)21-14-10-19(11-15-21)23(24)25/h3-16H,1-2H3. The maximum atomic E-state index is 13.5. The van der Waals surface area contributed by atoms with Crippen LogP contribution in [0.2, 0.25) is 0 Å². The molecule has 0 aromatic heterocycles. The van der Waals surface area contributed by atoms with Gasteiger partial charge in [0.25, 0.3) is 15.7 Å². The highest BCUT2D eigenvalue weighted by atomic mass is 32.2. The van der Waals surface area contributed by atoms with Crippen LogP contribution in [0.4, 0.5) is 11.4 Å². The molecular formula is C21H20N2O5S. The van der Waals surface area contributed by atoms with E-state index in [0.717, 1.165) is 5.56 Å². The Bertz CT molecular complexity index is 1080. The number of methoxy groups -OCH3 is 1. The van der Waals surface area contributed by atoms with Gasteiger partial charge in [-0.15, -0.1) is 0 Å². The van der Waals surface area contributed by atoms with E-state index in [9.17, 15) is 18.5 Å². The van der Waals surface area contributed by atoms with Gasteiger partial charge in [-0.25, -0.2) is 8.42 Å². The van der Waals surface area contributed by atoms with Gasteiger partial charge in [-0.2, -0.15) is 0 Å². The van der Waals surface area contributed by atoms with Crippen LogP contribution in [0.5, 0.6) is 5.75 Å². The molecule has 29 heavy (non-hydrogen) atoms. The third kappa shape index (κ3) is 4.22. The number of hydrogen-bond acceptors (Lipinski definition) is 5. The molecule has 7 nitrogen and oxygen atoms in total.